The number of thiazole rings is 1. The van der Waals surface area contributed by atoms with E-state index in [0.29, 0.717) is 24.7 Å². The maximum absolute atomic E-state index is 11.3. The van der Waals surface area contributed by atoms with Crippen LogP contribution in [0.4, 0.5) is 0 Å². The van der Waals surface area contributed by atoms with Gasteiger partial charge in [0, 0.05) is 30.6 Å². The maximum atomic E-state index is 11.3. The number of carbonyl (C=O) groups is 1. The van der Waals surface area contributed by atoms with E-state index in [1.54, 1.807) is 11.3 Å². The number of nitrogens with zero attached hydrogens (tertiary/aromatic N) is 2. The summed E-state index contributed by atoms with van der Waals surface area (Å²) in [5.74, 6) is 0.0813. The Balaban J connectivity index is 1.74. The van der Waals surface area contributed by atoms with Crippen molar-refractivity contribution < 1.29 is 4.79 Å². The lowest BCUT2D eigenvalue weighted by atomic mass is 10.2. The van der Waals surface area contributed by atoms with Crippen LogP contribution in [0.2, 0.25) is 5.02 Å². The third-order valence-corrected chi connectivity index (χ3v) is 4.41. The van der Waals surface area contributed by atoms with Gasteiger partial charge >= 0.3 is 0 Å². The molecule has 0 bridgehead atoms. The van der Waals surface area contributed by atoms with Gasteiger partial charge in [-0.2, -0.15) is 0 Å². The molecule has 4 nitrogen and oxygen atoms in total. The number of carbonyl (C=O) groups excluding carboxylic acids is 1. The van der Waals surface area contributed by atoms with Crippen LogP contribution in [0.3, 0.4) is 0 Å². The van der Waals surface area contributed by atoms with Gasteiger partial charge in [0.1, 0.15) is 5.01 Å². The molecule has 0 saturated carbocycles. The molecule has 0 aliphatic carbocycles. The molecule has 1 aliphatic rings. The van der Waals surface area contributed by atoms with Crippen molar-refractivity contribution in [3.63, 3.8) is 0 Å². The van der Waals surface area contributed by atoms with Crippen LogP contribution < -0.4 is 5.32 Å². The van der Waals surface area contributed by atoms with Gasteiger partial charge in [-0.25, -0.2) is 4.98 Å². The Hall–Kier alpha value is -1.43. The van der Waals surface area contributed by atoms with Gasteiger partial charge < -0.3 is 5.32 Å². The molecule has 1 aromatic carbocycles. The molecule has 2 aromatic rings. The topological polar surface area (TPSA) is 45.2 Å². The Bertz CT molecular complexity index is 628. The van der Waals surface area contributed by atoms with Gasteiger partial charge in [0.05, 0.1) is 17.3 Å². The molecular weight excluding hydrogens is 294 g/mol. The highest BCUT2D eigenvalue weighted by molar-refractivity contribution is 7.13. The fourth-order valence-electron chi connectivity index (χ4n) is 2.19. The molecule has 0 spiro atoms. The Labute approximate surface area is 126 Å². The first kappa shape index (κ1) is 13.5. The van der Waals surface area contributed by atoms with E-state index in [1.165, 1.54) is 0 Å². The van der Waals surface area contributed by atoms with Crippen molar-refractivity contribution in [2.75, 3.05) is 19.6 Å². The third-order valence-electron chi connectivity index (χ3n) is 3.16. The largest absolute Gasteiger partial charge is 0.354 e. The first-order valence-electron chi connectivity index (χ1n) is 6.41. The number of aromatic nitrogens is 1. The van der Waals surface area contributed by atoms with Crippen LogP contribution in [0.15, 0.2) is 29.6 Å². The lowest BCUT2D eigenvalue weighted by molar-refractivity contribution is -0.124. The van der Waals surface area contributed by atoms with E-state index in [0.717, 1.165) is 22.8 Å². The number of rotatable bonds is 3. The molecule has 6 heteroatoms. The van der Waals surface area contributed by atoms with Gasteiger partial charge in [-0.05, 0) is 6.07 Å². The molecule has 0 radical (unpaired) electrons. The number of hydrogen-bond acceptors (Lipinski definition) is 4. The summed E-state index contributed by atoms with van der Waals surface area (Å²) in [5.41, 5.74) is 1.95. The third kappa shape index (κ3) is 3.00. The van der Waals surface area contributed by atoms with Crippen molar-refractivity contribution in [3.8, 4) is 10.6 Å². The Morgan fingerprint density at radius 2 is 2.25 bits per heavy atom. The summed E-state index contributed by atoms with van der Waals surface area (Å²) in [7, 11) is 0. The van der Waals surface area contributed by atoms with E-state index >= 15 is 0 Å². The van der Waals surface area contributed by atoms with Crippen molar-refractivity contribution in [3.05, 3.63) is 40.4 Å². The predicted molar refractivity (Wildman–Crippen MR) is 80.8 cm³/mol. The molecule has 1 amide bonds. The average Bonchev–Trinajstić information content (AvgIpc) is 2.87. The molecule has 20 heavy (non-hydrogen) atoms. The van der Waals surface area contributed by atoms with Crippen LogP contribution in [0, 0.1) is 0 Å². The standard InChI is InChI=1S/C14H14ClN3OS/c15-12-4-2-1-3-11(12)14-17-10(9-20-14)7-18-6-5-16-13(19)8-18/h1-4,9H,5-8H2,(H,16,19). The number of halogens is 1. The predicted octanol–water partition coefficient (Wildman–Crippen LogP) is 2.40. The van der Waals surface area contributed by atoms with Crippen molar-refractivity contribution in [2.45, 2.75) is 6.54 Å². The zero-order valence-corrected chi connectivity index (χ0v) is 12.4. The van der Waals surface area contributed by atoms with Crippen molar-refractivity contribution in [1.82, 2.24) is 15.2 Å². The van der Waals surface area contributed by atoms with Crippen LogP contribution in [0.5, 0.6) is 0 Å². The van der Waals surface area contributed by atoms with Gasteiger partial charge in [-0.15, -0.1) is 11.3 Å². The summed E-state index contributed by atoms with van der Waals surface area (Å²) in [4.78, 5) is 18.1. The van der Waals surface area contributed by atoms with Gasteiger partial charge in [-0.1, -0.05) is 29.8 Å². The van der Waals surface area contributed by atoms with Crippen LogP contribution in [-0.2, 0) is 11.3 Å². The first-order valence-corrected chi connectivity index (χ1v) is 7.66. The van der Waals surface area contributed by atoms with Gasteiger partial charge in [-0.3, -0.25) is 9.69 Å². The lowest BCUT2D eigenvalue weighted by Gasteiger charge is -2.25. The quantitative estimate of drug-likeness (QED) is 0.947. The normalized spacial score (nSPS) is 16.1. The Morgan fingerprint density at radius 3 is 3.05 bits per heavy atom. The summed E-state index contributed by atoms with van der Waals surface area (Å²) in [6.07, 6.45) is 0. The summed E-state index contributed by atoms with van der Waals surface area (Å²) < 4.78 is 0. The molecule has 1 fully saturated rings. The highest BCUT2D eigenvalue weighted by atomic mass is 35.5. The van der Waals surface area contributed by atoms with Crippen LogP contribution in [0.1, 0.15) is 5.69 Å². The second kappa shape index (κ2) is 5.91. The summed E-state index contributed by atoms with van der Waals surface area (Å²) in [6.45, 7) is 2.72. The summed E-state index contributed by atoms with van der Waals surface area (Å²) in [5, 5.41) is 6.49. The lowest BCUT2D eigenvalue weighted by Crippen LogP contribution is -2.47. The average molecular weight is 308 g/mol. The minimum absolute atomic E-state index is 0.0813. The summed E-state index contributed by atoms with van der Waals surface area (Å²) in [6, 6.07) is 7.70. The minimum atomic E-state index is 0.0813. The molecule has 104 valence electrons. The number of amides is 1. The second-order valence-electron chi connectivity index (χ2n) is 4.68. The van der Waals surface area contributed by atoms with Crippen molar-refractivity contribution in [1.29, 1.82) is 0 Å². The fourth-order valence-corrected chi connectivity index (χ4v) is 3.32. The second-order valence-corrected chi connectivity index (χ2v) is 5.95. The highest BCUT2D eigenvalue weighted by Gasteiger charge is 2.17. The monoisotopic (exact) mass is 307 g/mol. The zero-order valence-electron chi connectivity index (χ0n) is 10.8. The first-order chi connectivity index (χ1) is 9.72. The molecule has 0 atom stereocenters. The molecule has 0 unspecified atom stereocenters. The Kier molecular flexibility index (Phi) is 4.00. The summed E-state index contributed by atoms with van der Waals surface area (Å²) >= 11 is 7.77. The number of piperazine rings is 1. The van der Waals surface area contributed by atoms with E-state index < -0.39 is 0 Å². The van der Waals surface area contributed by atoms with Gasteiger partial charge in [0.15, 0.2) is 0 Å². The van der Waals surface area contributed by atoms with E-state index in [2.05, 4.69) is 15.2 Å². The smallest absolute Gasteiger partial charge is 0.234 e. The van der Waals surface area contributed by atoms with Gasteiger partial charge in [0.25, 0.3) is 0 Å². The molecule has 3 rings (SSSR count). The number of benzene rings is 1. The van der Waals surface area contributed by atoms with E-state index in [9.17, 15) is 4.79 Å². The molecule has 1 aliphatic heterocycles. The van der Waals surface area contributed by atoms with Crippen molar-refractivity contribution >= 4 is 28.8 Å². The molecule has 1 N–H and O–H groups in total. The number of nitrogens with one attached hydrogen (secondary N) is 1. The maximum Gasteiger partial charge on any atom is 0.234 e. The SMILES string of the molecule is O=C1CN(Cc2csc(-c3ccccc3Cl)n2)CCN1. The van der Waals surface area contributed by atoms with E-state index in [1.807, 2.05) is 29.6 Å². The fraction of sp³-hybridized carbons (Fsp3) is 0.286. The Morgan fingerprint density at radius 1 is 1.40 bits per heavy atom. The van der Waals surface area contributed by atoms with E-state index in [4.69, 9.17) is 11.6 Å². The van der Waals surface area contributed by atoms with E-state index in [-0.39, 0.29) is 5.91 Å². The van der Waals surface area contributed by atoms with Gasteiger partial charge in [0.2, 0.25) is 5.91 Å². The van der Waals surface area contributed by atoms with Crippen molar-refractivity contribution in [2.24, 2.45) is 0 Å². The molecule has 2 heterocycles. The molecule has 1 saturated heterocycles. The molecule has 1 aromatic heterocycles. The number of hydrogen-bond donors (Lipinski definition) is 1. The van der Waals surface area contributed by atoms with Crippen LogP contribution in [0.25, 0.3) is 10.6 Å². The molecular formula is C14H14ClN3OS. The highest BCUT2D eigenvalue weighted by Crippen LogP contribution is 2.30. The zero-order chi connectivity index (χ0) is 13.9. The minimum Gasteiger partial charge on any atom is -0.354 e. The van der Waals surface area contributed by atoms with Crippen LogP contribution >= 0.6 is 22.9 Å². The van der Waals surface area contributed by atoms with Crippen LogP contribution in [-0.4, -0.2) is 35.4 Å².